The number of hydrogen-bond acceptors (Lipinski definition) is 7. The van der Waals surface area contributed by atoms with E-state index >= 15 is 0 Å². The van der Waals surface area contributed by atoms with Crippen molar-refractivity contribution in [1.82, 2.24) is 29.7 Å². The fourth-order valence-electron chi connectivity index (χ4n) is 4.99. The van der Waals surface area contributed by atoms with Crippen LogP contribution < -0.4 is 10.0 Å². The molecular weight excluding hydrogens is 505 g/mol. The number of anilines is 1. The maximum atomic E-state index is 14.3. The molecule has 0 unspecified atom stereocenters. The fraction of sp³-hybridized carbons (Fsp3) is 0.407. The summed E-state index contributed by atoms with van der Waals surface area (Å²) >= 11 is 0. The van der Waals surface area contributed by atoms with E-state index in [9.17, 15) is 12.8 Å². The summed E-state index contributed by atoms with van der Waals surface area (Å²) in [4.78, 5) is 10.8. The zero-order chi connectivity index (χ0) is 26.7. The minimum atomic E-state index is -3.97. The van der Waals surface area contributed by atoms with Crippen LogP contribution in [0.4, 0.5) is 10.1 Å². The highest BCUT2D eigenvalue weighted by molar-refractivity contribution is 7.89. The first-order valence-corrected chi connectivity index (χ1v) is 14.3. The molecule has 0 aliphatic heterocycles. The predicted molar refractivity (Wildman–Crippen MR) is 143 cm³/mol. The van der Waals surface area contributed by atoms with Gasteiger partial charge in [-0.25, -0.2) is 22.5 Å². The van der Waals surface area contributed by atoms with Gasteiger partial charge in [0.1, 0.15) is 5.67 Å². The first kappa shape index (κ1) is 24.9. The Morgan fingerprint density at radius 2 is 1.92 bits per heavy atom. The van der Waals surface area contributed by atoms with Gasteiger partial charge in [-0.15, -0.1) is 4.80 Å². The topological polar surface area (TPSA) is 115 Å². The van der Waals surface area contributed by atoms with Gasteiger partial charge in [0.2, 0.25) is 10.0 Å². The van der Waals surface area contributed by atoms with Gasteiger partial charge in [0.25, 0.3) is 0 Å². The van der Waals surface area contributed by atoms with Crippen LogP contribution in [0.25, 0.3) is 16.6 Å². The normalized spacial score (nSPS) is 17.6. The minimum Gasteiger partial charge on any atom is -0.380 e. The Hall–Kier alpha value is -3.44. The third-order valence-electron chi connectivity index (χ3n) is 6.99. The predicted octanol–water partition coefficient (Wildman–Crippen LogP) is 4.00. The maximum absolute atomic E-state index is 14.3. The van der Waals surface area contributed by atoms with Crippen LogP contribution in [0.3, 0.4) is 0 Å². The molecule has 2 aliphatic carbocycles. The van der Waals surface area contributed by atoms with Crippen molar-refractivity contribution in [3.05, 3.63) is 65.4 Å². The van der Waals surface area contributed by atoms with Gasteiger partial charge in [-0.3, -0.25) is 4.98 Å². The zero-order valence-corrected chi connectivity index (χ0v) is 22.4. The molecule has 6 rings (SSSR count). The van der Waals surface area contributed by atoms with Crippen LogP contribution in [0.5, 0.6) is 0 Å². The Morgan fingerprint density at radius 1 is 1.11 bits per heavy atom. The number of pyridine rings is 2. The van der Waals surface area contributed by atoms with Crippen molar-refractivity contribution in [1.29, 1.82) is 0 Å². The summed E-state index contributed by atoms with van der Waals surface area (Å²) in [5.74, 6) is 0.991. The summed E-state index contributed by atoms with van der Waals surface area (Å²) in [7, 11) is -3.97. The van der Waals surface area contributed by atoms with E-state index in [2.05, 4.69) is 30.2 Å². The second-order valence-electron chi connectivity index (χ2n) is 10.9. The van der Waals surface area contributed by atoms with Crippen molar-refractivity contribution in [2.24, 2.45) is 0 Å². The number of alkyl halides is 1. The van der Waals surface area contributed by atoms with Gasteiger partial charge in [0, 0.05) is 41.2 Å². The van der Waals surface area contributed by atoms with Crippen molar-refractivity contribution in [2.45, 2.75) is 69.0 Å². The van der Waals surface area contributed by atoms with E-state index in [4.69, 9.17) is 0 Å². The first-order valence-electron chi connectivity index (χ1n) is 12.8. The molecule has 0 saturated heterocycles. The van der Waals surface area contributed by atoms with Gasteiger partial charge in [-0.1, -0.05) is 0 Å². The van der Waals surface area contributed by atoms with E-state index in [1.54, 1.807) is 18.6 Å². The molecule has 4 aromatic rings. The monoisotopic (exact) mass is 535 g/mol. The summed E-state index contributed by atoms with van der Waals surface area (Å²) in [6, 6.07) is 7.68. The summed E-state index contributed by atoms with van der Waals surface area (Å²) in [5, 5.41) is 13.4. The molecule has 1 saturated carbocycles. The third kappa shape index (κ3) is 5.00. The number of halogens is 1. The van der Waals surface area contributed by atoms with Crippen molar-refractivity contribution in [2.75, 3.05) is 11.9 Å². The lowest BCUT2D eigenvalue weighted by Crippen LogP contribution is -2.36. The van der Waals surface area contributed by atoms with Crippen LogP contribution in [0.15, 0.2) is 47.8 Å². The molecular formula is C27H30FN7O2S. The minimum absolute atomic E-state index is 0.0260. The summed E-state index contributed by atoms with van der Waals surface area (Å²) in [5.41, 5.74) is 2.60. The lowest BCUT2D eigenvalue weighted by molar-refractivity contribution is 0.221. The molecule has 3 aromatic heterocycles. The molecule has 3 heterocycles. The lowest BCUT2D eigenvalue weighted by atomic mass is 10.0. The fourth-order valence-corrected chi connectivity index (χ4v) is 6.67. The first-order chi connectivity index (χ1) is 18.1. The number of sulfonamides is 1. The molecule has 0 spiro atoms. The number of nitrogens with one attached hydrogen (secondary N) is 2. The number of fused-ring (bicyclic) bond motifs is 2. The number of aromatic nitrogens is 5. The Labute approximate surface area is 220 Å². The Bertz CT molecular complexity index is 1620. The summed E-state index contributed by atoms with van der Waals surface area (Å²) in [6.45, 7) is 4.29. The van der Waals surface area contributed by atoms with E-state index in [1.807, 2.05) is 31.2 Å². The number of hydrogen-bond donors (Lipinski definition) is 2. The number of benzene rings is 1. The molecule has 38 heavy (non-hydrogen) atoms. The van der Waals surface area contributed by atoms with Crippen molar-refractivity contribution < 1.29 is 12.8 Å². The molecule has 0 bridgehead atoms. The van der Waals surface area contributed by atoms with E-state index in [1.165, 1.54) is 18.6 Å². The third-order valence-corrected chi connectivity index (χ3v) is 8.51. The van der Waals surface area contributed by atoms with Crippen LogP contribution in [0.1, 0.15) is 55.1 Å². The van der Waals surface area contributed by atoms with Gasteiger partial charge in [-0.2, -0.15) is 10.2 Å². The number of nitrogens with zero attached hydrogens (tertiary/aromatic N) is 5. The number of rotatable bonds is 8. The van der Waals surface area contributed by atoms with Crippen LogP contribution >= 0.6 is 0 Å². The molecule has 2 N–H and O–H groups in total. The smallest absolute Gasteiger partial charge is 0.241 e. The average molecular weight is 536 g/mol. The molecule has 11 heteroatoms. The van der Waals surface area contributed by atoms with Crippen LogP contribution in [-0.4, -0.2) is 51.6 Å². The Morgan fingerprint density at radius 3 is 2.58 bits per heavy atom. The summed E-state index contributed by atoms with van der Waals surface area (Å²) in [6.07, 6.45) is 8.46. The summed E-state index contributed by atoms with van der Waals surface area (Å²) < 4.78 is 44.1. The average Bonchev–Trinajstić information content (AvgIpc) is 3.51. The highest BCUT2D eigenvalue weighted by atomic mass is 32.2. The van der Waals surface area contributed by atoms with E-state index in [0.717, 1.165) is 46.4 Å². The van der Waals surface area contributed by atoms with Gasteiger partial charge < -0.3 is 5.32 Å². The molecule has 2 aliphatic rings. The zero-order valence-electron chi connectivity index (χ0n) is 21.6. The second-order valence-corrected chi connectivity index (χ2v) is 12.6. The van der Waals surface area contributed by atoms with Gasteiger partial charge in [0.05, 0.1) is 28.7 Å². The van der Waals surface area contributed by atoms with Crippen LogP contribution in [0.2, 0.25) is 0 Å². The van der Waals surface area contributed by atoms with E-state index in [0.29, 0.717) is 30.0 Å². The molecule has 0 amide bonds. The SMILES string of the molecule is Cc1cnn(-c2ccc(N[C@@H]3Cc4cc5cnc(C6CC6)cc5c(S(=O)(=O)NCC(C)(C)F)c4C3)cn2)n1. The number of aryl methyl sites for hydroxylation is 1. The van der Waals surface area contributed by atoms with Gasteiger partial charge in [0.15, 0.2) is 5.82 Å². The quantitative estimate of drug-likeness (QED) is 0.350. The molecule has 9 nitrogen and oxygen atoms in total. The van der Waals surface area contributed by atoms with Crippen LogP contribution in [0, 0.1) is 6.92 Å². The van der Waals surface area contributed by atoms with Gasteiger partial charge in [-0.05, 0) is 81.8 Å². The van der Waals surface area contributed by atoms with Crippen molar-refractivity contribution >= 4 is 26.5 Å². The molecule has 1 fully saturated rings. The van der Waals surface area contributed by atoms with E-state index in [-0.39, 0.29) is 17.5 Å². The molecule has 1 aromatic carbocycles. The second kappa shape index (κ2) is 9.09. The Balaban J connectivity index is 1.32. The lowest BCUT2D eigenvalue weighted by Gasteiger charge is -2.18. The largest absolute Gasteiger partial charge is 0.380 e. The van der Waals surface area contributed by atoms with Crippen molar-refractivity contribution in [3.63, 3.8) is 0 Å². The van der Waals surface area contributed by atoms with E-state index < -0.39 is 15.7 Å². The highest BCUT2D eigenvalue weighted by Gasteiger charge is 2.33. The maximum Gasteiger partial charge on any atom is 0.241 e. The molecule has 1 atom stereocenters. The molecule has 198 valence electrons. The molecule has 0 radical (unpaired) electrons. The standard InChI is InChI=1S/C27H30FN7O2S/c1-16-12-31-35(34-16)25-7-6-20(14-30-25)33-21-9-18-8-19-13-29-24(17-4-5-17)11-23(19)26(22(18)10-21)38(36,37)32-15-27(2,3)28/h6-8,11-14,17,21,32-33H,4-5,9-10,15H2,1-3H3/t21-/m1/s1. The highest BCUT2D eigenvalue weighted by Crippen LogP contribution is 2.42. The van der Waals surface area contributed by atoms with Crippen molar-refractivity contribution in [3.8, 4) is 5.82 Å². The van der Waals surface area contributed by atoms with Crippen LogP contribution in [-0.2, 0) is 22.9 Å². The Kier molecular flexibility index (Phi) is 5.95. The van der Waals surface area contributed by atoms with Gasteiger partial charge >= 0.3 is 0 Å².